The quantitative estimate of drug-likeness (QED) is 0.0580. The van der Waals surface area contributed by atoms with E-state index in [9.17, 15) is 22.4 Å². The minimum absolute atomic E-state index is 0.0391. The fraction of sp³-hybridized carbons (Fsp3) is 0.361. The number of alkyl halides is 3. The van der Waals surface area contributed by atoms with Crippen molar-refractivity contribution in [2.75, 3.05) is 0 Å². The number of aromatic nitrogens is 2. The van der Waals surface area contributed by atoms with Crippen LogP contribution in [-0.2, 0) is 42.7 Å². The van der Waals surface area contributed by atoms with E-state index in [1.807, 2.05) is 25.2 Å². The minimum atomic E-state index is -4.47. The number of fused-ring (bicyclic) bond motifs is 1. The average molecular weight is 856 g/mol. The molecule has 0 atom stereocenters. The first-order valence-electron chi connectivity index (χ1n) is 22.1. The Morgan fingerprint density at radius 1 is 0.730 bits per heavy atom. The Kier molecular flexibility index (Phi) is 14.6. The third-order valence-electron chi connectivity index (χ3n) is 14.4. The van der Waals surface area contributed by atoms with Gasteiger partial charge in [0.2, 0.25) is 5.91 Å². The molecule has 1 aromatic heterocycles. The van der Waals surface area contributed by atoms with Gasteiger partial charge in [-0.15, -0.1) is 0 Å². The van der Waals surface area contributed by atoms with Gasteiger partial charge in [-0.1, -0.05) is 81.4 Å². The molecule has 0 radical (unpaired) electrons. The second-order valence-corrected chi connectivity index (χ2v) is 21.8. The summed E-state index contributed by atoms with van der Waals surface area (Å²) < 4.78 is 58.9. The third kappa shape index (κ3) is 9.67. The van der Waals surface area contributed by atoms with Crippen molar-refractivity contribution in [3.63, 3.8) is 0 Å². The summed E-state index contributed by atoms with van der Waals surface area (Å²) in [5.41, 5.74) is 9.89. The van der Waals surface area contributed by atoms with Crippen LogP contribution in [0.4, 0.5) is 17.6 Å². The van der Waals surface area contributed by atoms with E-state index in [2.05, 4.69) is 102 Å². The maximum Gasteiger partial charge on any atom is 0.415 e. The SMILES string of the molecule is Bc1c(B)c(-c2c(B)c(B)c(C(F)(F)F)c(B)c2B)c(B)c(B)c1CN(C(=O)Cn1c(SCc2ccc(F)cc2)nc(=O)c2c1CCC2)C(B)(B)C(B)(B)N(C(B)(B)C)C(B)(B)C. The second kappa shape index (κ2) is 18.0. The Bertz CT molecular complexity index is 2460. The molecule has 0 saturated heterocycles. The highest BCUT2D eigenvalue weighted by atomic mass is 32.2. The highest BCUT2D eigenvalue weighted by molar-refractivity contribution is 7.98. The van der Waals surface area contributed by atoms with Crippen LogP contribution >= 0.6 is 11.8 Å². The van der Waals surface area contributed by atoms with Crippen LogP contribution in [0.3, 0.4) is 0 Å². The Labute approximate surface area is 390 Å². The van der Waals surface area contributed by atoms with Crippen molar-refractivity contribution >= 4 is 187 Å². The summed E-state index contributed by atoms with van der Waals surface area (Å²) in [6.07, 6.45) is -2.42. The molecule has 63 heavy (non-hydrogen) atoms. The largest absolute Gasteiger partial charge is 0.415 e. The van der Waals surface area contributed by atoms with Crippen LogP contribution in [0.2, 0.25) is 0 Å². The molecule has 0 N–H and O–H groups in total. The highest BCUT2D eigenvalue weighted by Gasteiger charge is 2.52. The van der Waals surface area contributed by atoms with E-state index < -0.39 is 22.4 Å². The monoisotopic (exact) mass is 859 g/mol. The number of amides is 1. The first-order chi connectivity index (χ1) is 28.8. The molecule has 0 aliphatic heterocycles. The predicted molar refractivity (Wildman–Crippen MR) is 302 cm³/mol. The molecule has 1 amide bonds. The minimum Gasteiger partial charge on any atom is -0.347 e. The van der Waals surface area contributed by atoms with E-state index in [0.717, 1.165) is 56.2 Å². The molecule has 27 heteroatoms. The van der Waals surface area contributed by atoms with Gasteiger partial charge in [-0.2, -0.15) is 18.2 Å². The molecule has 0 saturated carbocycles. The van der Waals surface area contributed by atoms with Gasteiger partial charge in [0, 0.05) is 29.1 Å². The lowest BCUT2D eigenvalue weighted by Gasteiger charge is -2.64. The van der Waals surface area contributed by atoms with Gasteiger partial charge in [-0.3, -0.25) is 9.59 Å². The van der Waals surface area contributed by atoms with Crippen LogP contribution in [0, 0.1) is 5.82 Å². The maximum absolute atomic E-state index is 15.7. The molecular formula is C36H54B16F4N4O2S. The lowest BCUT2D eigenvalue weighted by atomic mass is 9.33. The van der Waals surface area contributed by atoms with Crippen LogP contribution < -0.4 is 49.3 Å². The number of carbonyl (C=O) groups excluding carboxylic acids is 1. The fourth-order valence-corrected chi connectivity index (χ4v) is 11.9. The zero-order valence-corrected chi connectivity index (χ0v) is 41.9. The second-order valence-electron chi connectivity index (χ2n) is 20.9. The van der Waals surface area contributed by atoms with Crippen molar-refractivity contribution in [2.24, 2.45) is 0 Å². The number of carbonyl (C=O) groups is 1. The van der Waals surface area contributed by atoms with Crippen molar-refractivity contribution < 1.29 is 22.4 Å². The Hall–Kier alpha value is -2.92. The molecule has 0 spiro atoms. The van der Waals surface area contributed by atoms with E-state index in [-0.39, 0.29) is 52.0 Å². The molecule has 3 aromatic carbocycles. The van der Waals surface area contributed by atoms with Crippen LogP contribution in [-0.4, -0.2) is 172 Å². The highest BCUT2D eigenvalue weighted by Crippen LogP contribution is 2.35. The number of nitrogens with zero attached hydrogens (tertiary/aromatic N) is 4. The molecule has 6 nitrogen and oxygen atoms in total. The Balaban J connectivity index is 1.73. The van der Waals surface area contributed by atoms with Crippen molar-refractivity contribution in [1.29, 1.82) is 0 Å². The van der Waals surface area contributed by atoms with E-state index in [1.165, 1.54) is 23.9 Å². The zero-order chi connectivity index (χ0) is 47.7. The topological polar surface area (TPSA) is 58.4 Å². The molecule has 0 fully saturated rings. The number of hydrogen-bond donors (Lipinski definition) is 0. The lowest BCUT2D eigenvalue weighted by molar-refractivity contribution is -0.136. The van der Waals surface area contributed by atoms with Crippen LogP contribution in [0.25, 0.3) is 11.1 Å². The zero-order valence-electron chi connectivity index (χ0n) is 41.1. The van der Waals surface area contributed by atoms with E-state index in [1.54, 1.807) is 43.5 Å². The van der Waals surface area contributed by atoms with Gasteiger partial charge >= 0.3 is 6.18 Å². The number of halogens is 4. The fourth-order valence-electron chi connectivity index (χ4n) is 11.0. The molecule has 1 aliphatic carbocycles. The predicted octanol–water partition coefficient (Wildman–Crippen LogP) is -15.0. The smallest absolute Gasteiger partial charge is 0.347 e. The summed E-state index contributed by atoms with van der Waals surface area (Å²) in [5, 5.41) is -1.56. The Morgan fingerprint density at radius 3 is 1.67 bits per heavy atom. The summed E-state index contributed by atoms with van der Waals surface area (Å²) in [4.78, 5) is 38.2. The first kappa shape index (κ1) is 51.1. The summed E-state index contributed by atoms with van der Waals surface area (Å²) in [7, 11) is 32.5. The van der Waals surface area contributed by atoms with Crippen molar-refractivity contribution in [1.82, 2.24) is 19.4 Å². The van der Waals surface area contributed by atoms with Gasteiger partial charge in [-0.05, 0) is 75.0 Å². The van der Waals surface area contributed by atoms with Gasteiger partial charge in [0.05, 0.1) is 0 Å². The van der Waals surface area contributed by atoms with Gasteiger partial charge in [0.25, 0.3) is 5.56 Å². The van der Waals surface area contributed by atoms with E-state index in [4.69, 9.17) is 0 Å². The van der Waals surface area contributed by atoms with Gasteiger partial charge in [0.1, 0.15) is 138 Å². The Morgan fingerprint density at radius 2 is 1.21 bits per heavy atom. The maximum atomic E-state index is 15.7. The van der Waals surface area contributed by atoms with Crippen molar-refractivity contribution in [3.8, 4) is 11.1 Å². The third-order valence-corrected chi connectivity index (χ3v) is 15.5. The summed E-state index contributed by atoms with van der Waals surface area (Å²) in [6.45, 7) is 4.64. The molecule has 5 rings (SSSR count). The number of thioether (sulfide) groups is 1. The molecule has 0 bridgehead atoms. The van der Waals surface area contributed by atoms with Gasteiger partial charge < -0.3 is 14.4 Å². The molecule has 4 aromatic rings. The summed E-state index contributed by atoms with van der Waals surface area (Å²) in [6, 6.07) is 6.26. The number of rotatable bonds is 13. The van der Waals surface area contributed by atoms with Crippen LogP contribution in [0.5, 0.6) is 0 Å². The van der Waals surface area contributed by atoms with E-state index in [0.29, 0.717) is 40.2 Å². The first-order valence-corrected chi connectivity index (χ1v) is 23.1. The lowest BCUT2D eigenvalue weighted by Crippen LogP contribution is -2.81. The van der Waals surface area contributed by atoms with Gasteiger partial charge in [-0.25, -0.2) is 4.39 Å². The number of benzene rings is 3. The van der Waals surface area contributed by atoms with Crippen molar-refractivity contribution in [2.45, 2.75) is 84.6 Å². The number of hydrogen-bond acceptors (Lipinski definition) is 5. The average Bonchev–Trinajstić information content (AvgIpc) is 3.65. The molecule has 312 valence electrons. The normalized spacial score (nSPS) is 13.6. The van der Waals surface area contributed by atoms with Crippen molar-refractivity contribution in [3.05, 3.63) is 68.4 Å². The van der Waals surface area contributed by atoms with Crippen LogP contribution in [0.1, 0.15) is 48.2 Å². The molecular weight excluding hydrogens is 801 g/mol. The van der Waals surface area contributed by atoms with Crippen LogP contribution in [0.15, 0.2) is 34.2 Å². The van der Waals surface area contributed by atoms with E-state index >= 15 is 4.79 Å². The molecule has 1 aliphatic rings. The summed E-state index contributed by atoms with van der Waals surface area (Å²) in [5.74, 6) is -0.0173. The summed E-state index contributed by atoms with van der Waals surface area (Å²) >= 11 is 1.37. The molecule has 1 heterocycles. The van der Waals surface area contributed by atoms with Gasteiger partial charge in [0.15, 0.2) is 5.16 Å². The molecule has 0 unspecified atom stereocenters. The standard InChI is InChI=1S/C36H54B16F4N4O2S/c1-32(45,46)60(33(2,47)48)36(51,52)35(49,50)59(18(61)11-58-17-5-3-4-15(17)30(62)57-31(58)63-12-13-6-8-14(53)9-7-13)10-16-22(37)24(39)19(25(40)23(16)38)20-26(41)28(43)21(34(54,55)56)29(44)27(20)42/h6-9H,3-5,10-12,37-52H2,1-2H3.